The number of anilines is 2. The normalized spacial score (nSPS) is 26.5. The number of phenols is 2. The first kappa shape index (κ1) is 24.7. The van der Waals surface area contributed by atoms with Gasteiger partial charge in [0, 0.05) is 52.5 Å². The lowest BCUT2D eigenvalue weighted by Crippen LogP contribution is -2.54. The molecule has 40 heavy (non-hydrogen) atoms. The maximum Gasteiger partial charge on any atom is 0.133 e. The highest BCUT2D eigenvalue weighted by Crippen LogP contribution is 2.68. The third-order valence-corrected chi connectivity index (χ3v) is 9.32. The fraction of sp³-hybridized carbons (Fsp3) is 0.294. The molecule has 204 valence electrons. The molecule has 4 aromatic carbocycles. The molecule has 4 aromatic rings. The molecule has 4 aliphatic rings. The highest BCUT2D eigenvalue weighted by molar-refractivity contribution is 5.58. The fourth-order valence-electron chi connectivity index (χ4n) is 8.26. The Hall–Kier alpha value is -4.32. The second kappa shape index (κ2) is 9.40. The van der Waals surface area contributed by atoms with E-state index in [1.54, 1.807) is 36.4 Å². The van der Waals surface area contributed by atoms with Crippen LogP contribution in [0.3, 0.4) is 0 Å². The Morgan fingerprint density at radius 2 is 1.23 bits per heavy atom. The number of phenolic OH excluding ortho intramolecular Hbond substituents is 2. The molecule has 4 bridgehead atoms. The van der Waals surface area contributed by atoms with Crippen LogP contribution in [0.5, 0.6) is 34.5 Å². The number of nitrogen functional groups attached to an aromatic ring is 2. The zero-order valence-corrected chi connectivity index (χ0v) is 22.3. The van der Waals surface area contributed by atoms with Crippen LogP contribution in [-0.2, 0) is 5.41 Å². The van der Waals surface area contributed by atoms with Crippen LogP contribution in [0.25, 0.3) is 0 Å². The topological polar surface area (TPSA) is 111 Å². The minimum atomic E-state index is -0.165. The molecule has 4 aliphatic carbocycles. The Balaban J connectivity index is 1.37. The molecule has 0 spiro atoms. The van der Waals surface area contributed by atoms with Crippen molar-refractivity contribution in [2.75, 3.05) is 11.5 Å². The van der Waals surface area contributed by atoms with E-state index in [1.165, 1.54) is 19.3 Å². The molecule has 0 radical (unpaired) electrons. The Morgan fingerprint density at radius 1 is 0.650 bits per heavy atom. The van der Waals surface area contributed by atoms with E-state index in [0.29, 0.717) is 40.6 Å². The van der Waals surface area contributed by atoms with Crippen LogP contribution < -0.4 is 20.9 Å². The Kier molecular flexibility index (Phi) is 5.81. The number of benzene rings is 4. The summed E-state index contributed by atoms with van der Waals surface area (Å²) in [5.74, 6) is 4.98. The first-order chi connectivity index (χ1) is 19.4. The lowest BCUT2D eigenvalue weighted by Gasteiger charge is -2.62. The minimum absolute atomic E-state index is 0.157. The molecule has 3 atom stereocenters. The van der Waals surface area contributed by atoms with E-state index < -0.39 is 0 Å². The molecule has 0 aromatic heterocycles. The van der Waals surface area contributed by atoms with Crippen molar-refractivity contribution in [3.63, 3.8) is 0 Å². The van der Waals surface area contributed by atoms with Gasteiger partial charge in [0.1, 0.15) is 34.5 Å². The first-order valence-corrected chi connectivity index (χ1v) is 14.1. The Labute approximate surface area is 234 Å². The number of hydrogen-bond donors (Lipinski definition) is 4. The third kappa shape index (κ3) is 4.28. The minimum Gasteiger partial charge on any atom is -0.508 e. The number of aromatic hydroxyl groups is 2. The maximum atomic E-state index is 10.1. The number of ether oxygens (including phenoxy) is 2. The second-order valence-electron chi connectivity index (χ2n) is 12.0. The quantitative estimate of drug-likeness (QED) is 0.189. The zero-order chi connectivity index (χ0) is 27.4. The molecule has 4 fully saturated rings. The number of rotatable bonds is 6. The van der Waals surface area contributed by atoms with Gasteiger partial charge in [-0.2, -0.15) is 0 Å². The van der Waals surface area contributed by atoms with Crippen LogP contribution in [0.4, 0.5) is 11.4 Å². The highest BCUT2D eigenvalue weighted by atomic mass is 16.5. The van der Waals surface area contributed by atoms with Gasteiger partial charge in [-0.3, -0.25) is 0 Å². The van der Waals surface area contributed by atoms with Gasteiger partial charge in [0.15, 0.2) is 0 Å². The van der Waals surface area contributed by atoms with Crippen molar-refractivity contribution in [3.8, 4) is 34.5 Å². The molecule has 6 heteroatoms. The smallest absolute Gasteiger partial charge is 0.133 e. The summed E-state index contributed by atoms with van der Waals surface area (Å²) in [6.45, 7) is 0. The van der Waals surface area contributed by atoms with E-state index in [0.717, 1.165) is 35.5 Å². The van der Waals surface area contributed by atoms with E-state index in [9.17, 15) is 10.2 Å². The summed E-state index contributed by atoms with van der Waals surface area (Å²) in [5.41, 5.74) is 16.0. The van der Waals surface area contributed by atoms with Crippen molar-refractivity contribution < 1.29 is 19.7 Å². The van der Waals surface area contributed by atoms with Crippen LogP contribution in [0.1, 0.15) is 49.1 Å². The van der Waals surface area contributed by atoms with Crippen molar-refractivity contribution >= 4 is 11.4 Å². The average molecular weight is 535 g/mol. The highest BCUT2D eigenvalue weighted by Gasteiger charge is 2.59. The molecule has 0 aliphatic heterocycles. The van der Waals surface area contributed by atoms with Crippen LogP contribution in [0.15, 0.2) is 84.9 Å². The Bertz CT molecular complexity index is 1570. The van der Waals surface area contributed by atoms with Crippen molar-refractivity contribution in [3.05, 3.63) is 96.1 Å². The molecule has 3 unspecified atom stereocenters. The molecule has 6 nitrogen and oxygen atoms in total. The van der Waals surface area contributed by atoms with Gasteiger partial charge in [-0.05, 0) is 91.8 Å². The second-order valence-corrected chi connectivity index (χ2v) is 12.0. The lowest BCUT2D eigenvalue weighted by molar-refractivity contribution is -0.0293. The molecule has 6 N–H and O–H groups in total. The molecular formula is C34H34N2O4. The van der Waals surface area contributed by atoms with E-state index >= 15 is 0 Å². The summed E-state index contributed by atoms with van der Waals surface area (Å²) in [6.07, 6.45) is 5.84. The standard InChI is InChI=1S/C34H34N2O4/c35-23-7-9-29(31(14-23)39-27-5-1-3-25(37)16-27)33-22-12-20-11-21(13-22)19-34(33,18-20)30-10-8-24(36)15-32(30)40-28-6-2-4-26(38)17-28/h1-10,14-17,20-22,33,37-38H,11-13,18-19,35-36H2. The van der Waals surface area contributed by atoms with Gasteiger partial charge in [-0.1, -0.05) is 24.3 Å². The summed E-state index contributed by atoms with van der Waals surface area (Å²) >= 11 is 0. The van der Waals surface area contributed by atoms with Crippen LogP contribution in [-0.4, -0.2) is 10.2 Å². The molecular weight excluding hydrogens is 500 g/mol. The predicted octanol–water partition coefficient (Wildman–Crippen LogP) is 7.71. The van der Waals surface area contributed by atoms with Crippen molar-refractivity contribution in [2.45, 2.75) is 43.4 Å². The van der Waals surface area contributed by atoms with E-state index in [4.69, 9.17) is 20.9 Å². The number of nitrogens with two attached hydrogens (primary N) is 2. The van der Waals surface area contributed by atoms with E-state index in [1.807, 2.05) is 36.4 Å². The van der Waals surface area contributed by atoms with Gasteiger partial charge >= 0.3 is 0 Å². The van der Waals surface area contributed by atoms with Gasteiger partial charge in [0.25, 0.3) is 0 Å². The number of hydrogen-bond acceptors (Lipinski definition) is 6. The van der Waals surface area contributed by atoms with Crippen molar-refractivity contribution in [1.82, 2.24) is 0 Å². The molecule has 8 rings (SSSR count). The van der Waals surface area contributed by atoms with Crippen LogP contribution in [0, 0.1) is 17.8 Å². The summed E-state index contributed by atoms with van der Waals surface area (Å²) in [6, 6.07) is 25.8. The molecule has 0 amide bonds. The third-order valence-electron chi connectivity index (χ3n) is 9.32. The van der Waals surface area contributed by atoms with Crippen molar-refractivity contribution in [1.29, 1.82) is 0 Å². The summed E-state index contributed by atoms with van der Waals surface area (Å²) in [4.78, 5) is 0. The van der Waals surface area contributed by atoms with Gasteiger partial charge in [-0.15, -0.1) is 0 Å². The Morgan fingerprint density at radius 3 is 1.85 bits per heavy atom. The van der Waals surface area contributed by atoms with Crippen molar-refractivity contribution in [2.24, 2.45) is 17.8 Å². The lowest BCUT2D eigenvalue weighted by atomic mass is 9.42. The molecule has 4 saturated carbocycles. The summed E-state index contributed by atoms with van der Waals surface area (Å²) < 4.78 is 12.9. The molecule has 0 saturated heterocycles. The predicted molar refractivity (Wildman–Crippen MR) is 156 cm³/mol. The van der Waals surface area contributed by atoms with Gasteiger partial charge in [0.2, 0.25) is 0 Å². The van der Waals surface area contributed by atoms with Gasteiger partial charge in [-0.25, -0.2) is 0 Å². The molecule has 0 heterocycles. The van der Waals surface area contributed by atoms with Crippen LogP contribution in [0.2, 0.25) is 0 Å². The van der Waals surface area contributed by atoms with Crippen LogP contribution >= 0.6 is 0 Å². The average Bonchev–Trinajstić information content (AvgIpc) is 2.89. The summed E-state index contributed by atoms with van der Waals surface area (Å²) in [5, 5.41) is 20.1. The van der Waals surface area contributed by atoms with E-state index in [2.05, 4.69) is 12.1 Å². The zero-order valence-electron chi connectivity index (χ0n) is 22.3. The monoisotopic (exact) mass is 534 g/mol. The van der Waals surface area contributed by atoms with Gasteiger partial charge < -0.3 is 31.2 Å². The van der Waals surface area contributed by atoms with E-state index in [-0.39, 0.29) is 22.8 Å². The van der Waals surface area contributed by atoms with Gasteiger partial charge in [0.05, 0.1) is 0 Å². The fourth-order valence-corrected chi connectivity index (χ4v) is 8.26. The first-order valence-electron chi connectivity index (χ1n) is 14.1. The maximum absolute atomic E-state index is 10.1. The SMILES string of the molecule is Nc1ccc(C2C3CC4CC(C3)CC2(c2ccc(N)cc2Oc2cccc(O)c2)C4)c(Oc2cccc(O)c2)c1. The summed E-state index contributed by atoms with van der Waals surface area (Å²) in [7, 11) is 0. The largest absolute Gasteiger partial charge is 0.508 e.